The molecule has 0 aliphatic heterocycles. The van der Waals surface area contributed by atoms with Crippen LogP contribution in [0.1, 0.15) is 31.9 Å². The summed E-state index contributed by atoms with van der Waals surface area (Å²) in [4.78, 5) is 13.6. The van der Waals surface area contributed by atoms with E-state index < -0.39 is 5.60 Å². The van der Waals surface area contributed by atoms with E-state index in [1.54, 1.807) is 0 Å². The summed E-state index contributed by atoms with van der Waals surface area (Å²) in [5.74, 6) is -0.239. The Balaban J connectivity index is 2.55. The van der Waals surface area contributed by atoms with Crippen molar-refractivity contribution in [3.05, 3.63) is 35.4 Å². The van der Waals surface area contributed by atoms with E-state index in [4.69, 9.17) is 4.74 Å². The zero-order chi connectivity index (χ0) is 14.5. The van der Waals surface area contributed by atoms with Crippen molar-refractivity contribution in [2.24, 2.45) is 0 Å². The molecule has 19 heavy (non-hydrogen) atoms. The zero-order valence-corrected chi connectivity index (χ0v) is 12.1. The third-order valence-corrected chi connectivity index (χ3v) is 2.55. The summed E-state index contributed by atoms with van der Waals surface area (Å²) in [6.45, 7) is 6.41. The molecule has 0 aliphatic rings. The summed E-state index contributed by atoms with van der Waals surface area (Å²) in [7, 11) is 1.86. The van der Waals surface area contributed by atoms with Crippen molar-refractivity contribution in [2.75, 3.05) is 13.6 Å². The van der Waals surface area contributed by atoms with Crippen molar-refractivity contribution >= 4 is 5.97 Å². The minimum atomic E-state index is -0.457. The van der Waals surface area contributed by atoms with Gasteiger partial charge in [0.05, 0.1) is 13.2 Å². The highest BCUT2D eigenvalue weighted by atomic mass is 16.6. The molecule has 0 spiro atoms. The maximum absolute atomic E-state index is 11.7. The van der Waals surface area contributed by atoms with Crippen LogP contribution < -0.4 is 0 Å². The summed E-state index contributed by atoms with van der Waals surface area (Å²) in [5.41, 5.74) is 1.45. The topological polar surface area (TPSA) is 49.8 Å². The van der Waals surface area contributed by atoms with E-state index in [0.717, 1.165) is 11.1 Å². The largest absolute Gasteiger partial charge is 0.459 e. The highest BCUT2D eigenvalue weighted by molar-refractivity contribution is 5.72. The van der Waals surface area contributed by atoms with Crippen LogP contribution in [-0.4, -0.2) is 35.2 Å². The summed E-state index contributed by atoms with van der Waals surface area (Å²) >= 11 is 0. The van der Waals surface area contributed by atoms with E-state index in [1.807, 2.05) is 57.0 Å². The monoisotopic (exact) mass is 265 g/mol. The molecule has 4 nitrogen and oxygen atoms in total. The molecule has 0 radical (unpaired) electrons. The van der Waals surface area contributed by atoms with Crippen LogP contribution in [-0.2, 0) is 22.7 Å². The second kappa shape index (κ2) is 6.68. The average molecular weight is 265 g/mol. The molecular formula is C15H23NO3. The van der Waals surface area contributed by atoms with Gasteiger partial charge in [0.2, 0.25) is 0 Å². The number of likely N-dealkylation sites (N-methyl/N-ethyl adjacent to an activating group) is 1. The van der Waals surface area contributed by atoms with Gasteiger partial charge in [0.15, 0.2) is 0 Å². The normalized spacial score (nSPS) is 11.7. The molecular weight excluding hydrogens is 242 g/mol. The van der Waals surface area contributed by atoms with Gasteiger partial charge in [-0.25, -0.2) is 0 Å². The molecule has 0 unspecified atom stereocenters. The lowest BCUT2D eigenvalue weighted by Crippen LogP contribution is -2.32. The van der Waals surface area contributed by atoms with Gasteiger partial charge in [-0.05, 0) is 38.9 Å². The smallest absolute Gasteiger partial charge is 0.320 e. The lowest BCUT2D eigenvalue weighted by Gasteiger charge is -2.23. The van der Waals surface area contributed by atoms with E-state index >= 15 is 0 Å². The summed E-state index contributed by atoms with van der Waals surface area (Å²) < 4.78 is 5.27. The molecule has 0 amide bonds. The third-order valence-electron chi connectivity index (χ3n) is 2.55. The maximum atomic E-state index is 11.7. The Morgan fingerprint density at radius 1 is 1.26 bits per heavy atom. The highest BCUT2D eigenvalue weighted by Gasteiger charge is 2.17. The molecule has 106 valence electrons. The van der Waals surface area contributed by atoms with E-state index in [9.17, 15) is 9.90 Å². The van der Waals surface area contributed by atoms with Gasteiger partial charge in [0, 0.05) is 6.54 Å². The summed E-state index contributed by atoms with van der Waals surface area (Å²) in [6, 6.07) is 7.66. The molecule has 1 N–H and O–H groups in total. The predicted molar refractivity (Wildman–Crippen MR) is 74.5 cm³/mol. The van der Waals surface area contributed by atoms with Gasteiger partial charge < -0.3 is 9.84 Å². The molecule has 0 saturated carbocycles. The van der Waals surface area contributed by atoms with Gasteiger partial charge in [-0.3, -0.25) is 9.69 Å². The molecule has 0 heterocycles. The van der Waals surface area contributed by atoms with Crippen LogP contribution in [0.4, 0.5) is 0 Å². The minimum Gasteiger partial charge on any atom is -0.459 e. The van der Waals surface area contributed by atoms with Crippen LogP contribution in [0.5, 0.6) is 0 Å². The standard InChI is InChI=1S/C15H23NO3/c1-15(2,3)19-14(18)10-16(4)9-12-7-5-6-8-13(12)11-17/h5-8,17H,9-11H2,1-4H3. The molecule has 0 aliphatic carbocycles. The molecule has 0 aromatic heterocycles. The lowest BCUT2D eigenvalue weighted by molar-refractivity contribution is -0.155. The first-order valence-electron chi connectivity index (χ1n) is 6.40. The number of aliphatic hydroxyl groups is 1. The van der Waals surface area contributed by atoms with Crippen LogP contribution in [0, 0.1) is 0 Å². The fourth-order valence-corrected chi connectivity index (χ4v) is 1.81. The Bertz CT molecular complexity index is 424. The Labute approximate surface area is 115 Å². The fraction of sp³-hybridized carbons (Fsp3) is 0.533. The quantitative estimate of drug-likeness (QED) is 0.827. The number of esters is 1. The predicted octanol–water partition coefficient (Wildman–Crippen LogP) is 1.95. The molecule has 0 saturated heterocycles. The SMILES string of the molecule is CN(CC(=O)OC(C)(C)C)Cc1ccccc1CO. The molecule has 1 rings (SSSR count). The molecule has 0 bridgehead atoms. The molecule has 0 fully saturated rings. The van der Waals surface area contributed by atoms with Crippen LogP contribution in [0.15, 0.2) is 24.3 Å². The van der Waals surface area contributed by atoms with E-state index in [-0.39, 0.29) is 19.1 Å². The van der Waals surface area contributed by atoms with E-state index in [2.05, 4.69) is 0 Å². The van der Waals surface area contributed by atoms with Crippen molar-refractivity contribution in [3.63, 3.8) is 0 Å². The van der Waals surface area contributed by atoms with Crippen molar-refractivity contribution in [1.29, 1.82) is 0 Å². The Kier molecular flexibility index (Phi) is 5.51. The third kappa shape index (κ3) is 5.85. The lowest BCUT2D eigenvalue weighted by atomic mass is 10.1. The van der Waals surface area contributed by atoms with Crippen molar-refractivity contribution in [3.8, 4) is 0 Å². The van der Waals surface area contributed by atoms with Crippen molar-refractivity contribution in [2.45, 2.75) is 39.5 Å². The number of benzene rings is 1. The second-order valence-electron chi connectivity index (χ2n) is 5.69. The highest BCUT2D eigenvalue weighted by Crippen LogP contribution is 2.12. The number of ether oxygens (including phenoxy) is 1. The second-order valence-corrected chi connectivity index (χ2v) is 5.69. The summed E-state index contributed by atoms with van der Waals surface area (Å²) in [5, 5.41) is 9.26. The number of aliphatic hydroxyl groups excluding tert-OH is 1. The zero-order valence-electron chi connectivity index (χ0n) is 12.1. The molecule has 4 heteroatoms. The summed E-state index contributed by atoms with van der Waals surface area (Å²) in [6.07, 6.45) is 0. The number of nitrogens with zero attached hydrogens (tertiary/aromatic N) is 1. The van der Waals surface area contributed by atoms with Gasteiger partial charge in [0.1, 0.15) is 5.60 Å². The number of carbonyl (C=O) groups is 1. The van der Waals surface area contributed by atoms with Crippen LogP contribution in [0.3, 0.4) is 0 Å². The van der Waals surface area contributed by atoms with E-state index in [1.165, 1.54) is 0 Å². The van der Waals surface area contributed by atoms with Gasteiger partial charge in [0.25, 0.3) is 0 Å². The molecule has 1 aromatic carbocycles. The van der Waals surface area contributed by atoms with E-state index in [0.29, 0.717) is 6.54 Å². The van der Waals surface area contributed by atoms with Crippen LogP contribution in [0.2, 0.25) is 0 Å². The van der Waals surface area contributed by atoms with Crippen molar-refractivity contribution in [1.82, 2.24) is 4.90 Å². The number of carbonyl (C=O) groups excluding carboxylic acids is 1. The van der Waals surface area contributed by atoms with Crippen molar-refractivity contribution < 1.29 is 14.6 Å². The number of hydrogen-bond donors (Lipinski definition) is 1. The fourth-order valence-electron chi connectivity index (χ4n) is 1.81. The average Bonchev–Trinajstić information content (AvgIpc) is 2.26. The Morgan fingerprint density at radius 3 is 2.37 bits per heavy atom. The van der Waals surface area contributed by atoms with Gasteiger partial charge in [-0.15, -0.1) is 0 Å². The van der Waals surface area contributed by atoms with Gasteiger partial charge in [-0.2, -0.15) is 0 Å². The number of rotatable bonds is 5. The first-order valence-corrected chi connectivity index (χ1v) is 6.40. The Morgan fingerprint density at radius 2 is 1.84 bits per heavy atom. The minimum absolute atomic E-state index is 0.0104. The van der Waals surface area contributed by atoms with Gasteiger partial charge >= 0.3 is 5.97 Å². The Hall–Kier alpha value is -1.39. The van der Waals surface area contributed by atoms with Crippen LogP contribution in [0.25, 0.3) is 0 Å². The number of hydrogen-bond acceptors (Lipinski definition) is 4. The van der Waals surface area contributed by atoms with Gasteiger partial charge in [-0.1, -0.05) is 24.3 Å². The maximum Gasteiger partial charge on any atom is 0.320 e. The molecule has 0 atom stereocenters. The van der Waals surface area contributed by atoms with Crippen LogP contribution >= 0.6 is 0 Å². The first kappa shape index (κ1) is 15.7. The molecule has 1 aromatic rings. The first-order chi connectivity index (χ1) is 8.81.